The van der Waals surface area contributed by atoms with Crippen LogP contribution >= 0.6 is 0 Å². The predicted molar refractivity (Wildman–Crippen MR) is 130 cm³/mol. The van der Waals surface area contributed by atoms with E-state index < -0.39 is 23.9 Å². The van der Waals surface area contributed by atoms with Crippen molar-refractivity contribution in [2.24, 2.45) is 5.92 Å². The fourth-order valence-electron chi connectivity index (χ4n) is 6.26. The van der Waals surface area contributed by atoms with Gasteiger partial charge in [0.05, 0.1) is 12.1 Å². The Morgan fingerprint density at radius 3 is 2.71 bits per heavy atom. The van der Waals surface area contributed by atoms with Gasteiger partial charge in [-0.05, 0) is 30.1 Å². The van der Waals surface area contributed by atoms with Gasteiger partial charge in [0.1, 0.15) is 0 Å². The maximum atomic E-state index is 16.1. The van der Waals surface area contributed by atoms with Crippen LogP contribution in [0.25, 0.3) is 0 Å². The molecule has 2 amide bonds. The minimum absolute atomic E-state index is 0.0836. The van der Waals surface area contributed by atoms with Gasteiger partial charge < -0.3 is 15.1 Å². The Kier molecular flexibility index (Phi) is 4.87. The van der Waals surface area contributed by atoms with Gasteiger partial charge in [-0.3, -0.25) is 9.59 Å². The summed E-state index contributed by atoms with van der Waals surface area (Å²) < 4.78 is 16.1. The zero-order chi connectivity index (χ0) is 23.4. The maximum Gasteiger partial charge on any atom is 0.270 e. The Balaban J connectivity index is 1.23. The number of hydrogen-bond acceptors (Lipinski definition) is 3. The van der Waals surface area contributed by atoms with Crippen LogP contribution in [0.4, 0.5) is 10.1 Å². The fraction of sp³-hybridized carbons (Fsp3) is 0.357. The van der Waals surface area contributed by atoms with Gasteiger partial charge in [-0.1, -0.05) is 60.2 Å². The highest BCUT2D eigenvalue weighted by atomic mass is 19.1. The van der Waals surface area contributed by atoms with Gasteiger partial charge in [0.2, 0.25) is 11.6 Å². The van der Waals surface area contributed by atoms with Crippen molar-refractivity contribution in [3.8, 4) is 0 Å². The molecule has 6 heteroatoms. The molecule has 2 heterocycles. The van der Waals surface area contributed by atoms with Crippen molar-refractivity contribution < 1.29 is 14.0 Å². The van der Waals surface area contributed by atoms with Crippen LogP contribution in [0, 0.1) is 5.92 Å². The molecule has 6 rings (SSSR count). The first-order chi connectivity index (χ1) is 16.5. The number of carbonyl (C=O) groups is 2. The molecule has 0 bridgehead atoms. The van der Waals surface area contributed by atoms with E-state index in [4.69, 9.17) is 0 Å². The summed E-state index contributed by atoms with van der Waals surface area (Å²) in [6, 6.07) is 6.92. The number of piperidine rings is 1. The van der Waals surface area contributed by atoms with Crippen molar-refractivity contribution in [1.29, 1.82) is 0 Å². The highest BCUT2D eigenvalue weighted by molar-refractivity contribution is 6.09. The van der Waals surface area contributed by atoms with E-state index in [1.54, 1.807) is 23.1 Å². The van der Waals surface area contributed by atoms with Crippen molar-refractivity contribution in [3.05, 3.63) is 88.7 Å². The lowest BCUT2D eigenvalue weighted by Crippen LogP contribution is -2.49. The molecule has 2 atom stereocenters. The molecule has 0 saturated carbocycles. The van der Waals surface area contributed by atoms with Crippen LogP contribution in [-0.2, 0) is 15.3 Å². The van der Waals surface area contributed by atoms with Gasteiger partial charge in [-0.25, -0.2) is 4.39 Å². The fourth-order valence-corrected chi connectivity index (χ4v) is 6.26. The predicted octanol–water partition coefficient (Wildman–Crippen LogP) is 4.06. The van der Waals surface area contributed by atoms with Gasteiger partial charge in [0.15, 0.2) is 0 Å². The molecule has 174 valence electrons. The number of para-hydroxylation sites is 1. The van der Waals surface area contributed by atoms with E-state index >= 15 is 4.39 Å². The summed E-state index contributed by atoms with van der Waals surface area (Å²) in [7, 11) is 1.46. The minimum atomic E-state index is -2.31. The normalized spacial score (nSPS) is 27.6. The van der Waals surface area contributed by atoms with E-state index in [1.165, 1.54) is 29.5 Å². The van der Waals surface area contributed by atoms with Crippen molar-refractivity contribution in [3.63, 3.8) is 0 Å². The number of halogens is 1. The Labute approximate surface area is 199 Å². The maximum absolute atomic E-state index is 16.1. The zero-order valence-corrected chi connectivity index (χ0v) is 19.3. The summed E-state index contributed by atoms with van der Waals surface area (Å²) in [5.74, 6) is -0.700. The van der Waals surface area contributed by atoms with Gasteiger partial charge in [0.25, 0.3) is 5.91 Å². The smallest absolute Gasteiger partial charge is 0.270 e. The number of rotatable bonds is 4. The van der Waals surface area contributed by atoms with Crippen LogP contribution in [0.15, 0.2) is 83.1 Å². The van der Waals surface area contributed by atoms with Crippen LogP contribution in [0.1, 0.15) is 31.2 Å². The lowest BCUT2D eigenvalue weighted by Gasteiger charge is -2.39. The van der Waals surface area contributed by atoms with E-state index in [0.717, 1.165) is 32.4 Å². The van der Waals surface area contributed by atoms with Crippen LogP contribution in [0.2, 0.25) is 0 Å². The topological polar surface area (TPSA) is 52.7 Å². The third kappa shape index (κ3) is 3.04. The number of nitrogens with zero attached hydrogens (tertiary/aromatic N) is 2. The van der Waals surface area contributed by atoms with E-state index in [9.17, 15) is 9.59 Å². The van der Waals surface area contributed by atoms with Crippen LogP contribution < -0.4 is 10.2 Å². The second-order valence-electron chi connectivity index (χ2n) is 9.70. The van der Waals surface area contributed by atoms with Crippen molar-refractivity contribution in [2.45, 2.75) is 37.4 Å². The standard InChI is InChI=1S/C28H28FN3O2/c1-30-25(33)17-28(29)22-10-2-3-11-23(22)32(27(28)34)20-12-14-31(15-13-20)24-16-19-8-4-6-18-7-5-9-21(24)26(18)19/h2-11,20,26H,12-17H2,1H3,(H,30,33). The SMILES string of the molecule is CNC(=O)CC1(F)C(=O)N(C2CCN(C3=C4C=CC=C5C=CC=C(C3)C54)CC2)c2ccccc21. The molecule has 1 aromatic rings. The summed E-state index contributed by atoms with van der Waals surface area (Å²) in [5, 5.41) is 2.46. The minimum Gasteiger partial charge on any atom is -0.374 e. The number of nitrogens with one attached hydrogen (secondary N) is 1. The van der Waals surface area contributed by atoms with Crippen LogP contribution in [0.3, 0.4) is 0 Å². The average molecular weight is 458 g/mol. The number of anilines is 1. The Hall–Kier alpha value is -3.41. The monoisotopic (exact) mass is 457 g/mol. The zero-order valence-electron chi connectivity index (χ0n) is 19.3. The first-order valence-electron chi connectivity index (χ1n) is 12.1. The quantitative estimate of drug-likeness (QED) is 0.742. The molecule has 1 fully saturated rings. The molecule has 3 aliphatic carbocycles. The Bertz CT molecular complexity index is 1230. The highest BCUT2D eigenvalue weighted by Crippen LogP contribution is 2.49. The highest BCUT2D eigenvalue weighted by Gasteiger charge is 2.54. The van der Waals surface area contributed by atoms with E-state index in [0.29, 0.717) is 17.2 Å². The van der Waals surface area contributed by atoms with Crippen molar-refractivity contribution in [2.75, 3.05) is 25.0 Å². The number of likely N-dealkylation sites (tertiary alicyclic amines) is 1. The summed E-state index contributed by atoms with van der Waals surface area (Å²) in [4.78, 5) is 29.5. The lowest BCUT2D eigenvalue weighted by atomic mass is 9.82. The number of allylic oxidation sites excluding steroid dienone is 9. The Morgan fingerprint density at radius 1 is 1.15 bits per heavy atom. The number of amides is 2. The molecule has 0 spiro atoms. The molecule has 34 heavy (non-hydrogen) atoms. The van der Waals surface area contributed by atoms with Crippen LogP contribution in [0.5, 0.6) is 0 Å². The summed E-state index contributed by atoms with van der Waals surface area (Å²) in [6.45, 7) is 1.65. The van der Waals surface area contributed by atoms with Gasteiger partial charge in [-0.15, -0.1) is 0 Å². The number of hydrogen-bond donors (Lipinski definition) is 1. The summed E-state index contributed by atoms with van der Waals surface area (Å²) >= 11 is 0. The Morgan fingerprint density at radius 2 is 1.91 bits per heavy atom. The molecule has 2 unspecified atom stereocenters. The molecule has 5 aliphatic rings. The molecule has 1 saturated heterocycles. The van der Waals surface area contributed by atoms with E-state index in [-0.39, 0.29) is 6.04 Å². The van der Waals surface area contributed by atoms with Crippen molar-refractivity contribution >= 4 is 17.5 Å². The summed E-state index contributed by atoms with van der Waals surface area (Å²) in [5.41, 5.74) is 4.18. The third-order valence-electron chi connectivity index (χ3n) is 7.93. The molecule has 5 nitrogen and oxygen atoms in total. The van der Waals surface area contributed by atoms with Crippen LogP contribution in [-0.4, -0.2) is 42.9 Å². The largest absolute Gasteiger partial charge is 0.374 e. The number of benzene rings is 1. The summed E-state index contributed by atoms with van der Waals surface area (Å²) in [6.07, 6.45) is 15.2. The molecular weight excluding hydrogens is 429 g/mol. The average Bonchev–Trinajstić information content (AvgIpc) is 3.34. The lowest BCUT2D eigenvalue weighted by molar-refractivity contribution is -0.136. The first kappa shape index (κ1) is 21.1. The van der Waals surface area contributed by atoms with Gasteiger partial charge >= 0.3 is 0 Å². The number of carbonyl (C=O) groups excluding carboxylic acids is 2. The molecule has 1 N–H and O–H groups in total. The van der Waals surface area contributed by atoms with Gasteiger partial charge in [0, 0.05) is 49.8 Å². The second-order valence-corrected chi connectivity index (χ2v) is 9.70. The third-order valence-corrected chi connectivity index (χ3v) is 7.93. The number of fused-ring (bicyclic) bond motifs is 1. The molecular formula is C28H28FN3O2. The van der Waals surface area contributed by atoms with Gasteiger partial charge in [-0.2, -0.15) is 0 Å². The van der Waals surface area contributed by atoms with Crippen molar-refractivity contribution in [1.82, 2.24) is 10.2 Å². The first-order valence-corrected chi connectivity index (χ1v) is 12.1. The molecule has 1 aromatic carbocycles. The van der Waals surface area contributed by atoms with E-state index in [2.05, 4.69) is 46.7 Å². The number of alkyl halides is 1. The van der Waals surface area contributed by atoms with E-state index in [1.807, 2.05) is 6.07 Å². The molecule has 2 aliphatic heterocycles. The molecule has 0 aromatic heterocycles. The second kappa shape index (κ2) is 7.83. The molecule has 0 radical (unpaired) electrons.